The lowest BCUT2D eigenvalue weighted by atomic mass is 10.1. The Morgan fingerprint density at radius 2 is 1.57 bits per heavy atom. The van der Waals surface area contributed by atoms with E-state index in [0.29, 0.717) is 24.9 Å². The minimum atomic E-state index is 0.526. The molecule has 0 bridgehead atoms. The molecule has 0 aliphatic rings. The Labute approximate surface area is 183 Å². The van der Waals surface area contributed by atoms with Gasteiger partial charge in [-0.05, 0) is 67.9 Å². The molecule has 7 heteroatoms. The Morgan fingerprint density at radius 3 is 2.27 bits per heavy atom. The largest absolute Gasteiger partial charge is 0.490 e. The molecule has 2 aromatic carbocycles. The van der Waals surface area contributed by atoms with Gasteiger partial charge in [0, 0.05) is 11.9 Å². The minimum absolute atomic E-state index is 0.526. The molecule has 0 fully saturated rings. The van der Waals surface area contributed by atoms with Gasteiger partial charge < -0.3 is 20.1 Å². The van der Waals surface area contributed by atoms with Crippen molar-refractivity contribution in [2.24, 2.45) is 0 Å². The summed E-state index contributed by atoms with van der Waals surface area (Å²) in [6.07, 6.45) is 4.69. The number of anilines is 2. The van der Waals surface area contributed by atoms with Crippen molar-refractivity contribution in [2.75, 3.05) is 23.8 Å². The Morgan fingerprint density at radius 1 is 0.900 bits per heavy atom. The molecule has 3 aromatic rings. The Bertz CT molecular complexity index is 970. The zero-order chi connectivity index (χ0) is 21.3. The van der Waals surface area contributed by atoms with Gasteiger partial charge in [-0.15, -0.1) is 0 Å². The number of nitrogens with zero attached hydrogens (tertiary/aromatic N) is 2. The first kappa shape index (κ1) is 21.6. The molecule has 6 nitrogen and oxygen atoms in total. The van der Waals surface area contributed by atoms with E-state index in [1.54, 1.807) is 6.20 Å². The smallest absolute Gasteiger partial charge is 0.175 e. The highest BCUT2D eigenvalue weighted by Gasteiger charge is 2.08. The average molecular weight is 425 g/mol. The van der Waals surface area contributed by atoms with Crippen LogP contribution in [0, 0.1) is 0 Å². The van der Waals surface area contributed by atoms with E-state index >= 15 is 0 Å². The summed E-state index contributed by atoms with van der Waals surface area (Å²) in [6, 6.07) is 14.2. The van der Waals surface area contributed by atoms with Gasteiger partial charge in [0.2, 0.25) is 0 Å². The molecule has 3 rings (SSSR count). The van der Waals surface area contributed by atoms with Gasteiger partial charge >= 0.3 is 0 Å². The van der Waals surface area contributed by atoms with Gasteiger partial charge in [0.15, 0.2) is 16.6 Å². The fourth-order valence-electron chi connectivity index (χ4n) is 3.01. The number of hydrogen-bond donors (Lipinski definition) is 2. The van der Waals surface area contributed by atoms with E-state index in [1.165, 1.54) is 5.56 Å². The number of hydrogen-bond acceptors (Lipinski definition) is 4. The molecule has 30 heavy (non-hydrogen) atoms. The van der Waals surface area contributed by atoms with Crippen molar-refractivity contribution in [3.63, 3.8) is 0 Å². The standard InChI is InChI=1S/C23H28N4O2S/c1-4-17-7-10-19(11-8-17)25-23(30)26-20-14-24-27(16-20)15-18-9-12-21(28-5-2)22(13-18)29-6-3/h7-14,16H,4-6,15H2,1-3H3,(H2,25,26,30). The number of rotatable bonds is 9. The highest BCUT2D eigenvalue weighted by atomic mass is 32.1. The van der Waals surface area contributed by atoms with E-state index in [9.17, 15) is 0 Å². The molecule has 158 valence electrons. The monoisotopic (exact) mass is 424 g/mol. The number of benzene rings is 2. The van der Waals surface area contributed by atoms with Gasteiger partial charge in [0.05, 0.1) is 31.6 Å². The Hall–Kier alpha value is -3.06. The summed E-state index contributed by atoms with van der Waals surface area (Å²) in [5.41, 5.74) is 4.15. The molecule has 0 amide bonds. The van der Waals surface area contributed by atoms with Crippen molar-refractivity contribution in [3.8, 4) is 11.5 Å². The van der Waals surface area contributed by atoms with Gasteiger partial charge in [-0.2, -0.15) is 5.10 Å². The lowest BCUT2D eigenvalue weighted by Crippen LogP contribution is -2.18. The quantitative estimate of drug-likeness (QED) is 0.466. The molecule has 0 radical (unpaired) electrons. The van der Waals surface area contributed by atoms with Gasteiger partial charge in [-0.25, -0.2) is 0 Å². The van der Waals surface area contributed by atoms with Crippen molar-refractivity contribution in [1.82, 2.24) is 9.78 Å². The van der Waals surface area contributed by atoms with Crippen LogP contribution >= 0.6 is 12.2 Å². The fourth-order valence-corrected chi connectivity index (χ4v) is 3.25. The number of aromatic nitrogens is 2. The SMILES string of the molecule is CCOc1ccc(Cn2cc(NC(=S)Nc3ccc(CC)cc3)cn2)cc1OCC. The number of ether oxygens (including phenoxy) is 2. The van der Waals surface area contributed by atoms with Crippen molar-refractivity contribution in [2.45, 2.75) is 33.7 Å². The molecule has 0 saturated carbocycles. The maximum absolute atomic E-state index is 5.70. The predicted octanol–water partition coefficient (Wildman–Crippen LogP) is 5.10. The Balaban J connectivity index is 1.60. The van der Waals surface area contributed by atoms with Crippen LogP contribution in [-0.4, -0.2) is 28.1 Å². The maximum Gasteiger partial charge on any atom is 0.175 e. The molecule has 0 aliphatic carbocycles. The van der Waals surface area contributed by atoms with Crippen LogP contribution in [0.3, 0.4) is 0 Å². The molecule has 0 aliphatic heterocycles. The van der Waals surface area contributed by atoms with Crippen LogP contribution in [0.5, 0.6) is 11.5 Å². The van der Waals surface area contributed by atoms with E-state index in [2.05, 4.69) is 34.8 Å². The summed E-state index contributed by atoms with van der Waals surface area (Å²) in [6.45, 7) is 7.86. The van der Waals surface area contributed by atoms with Crippen LogP contribution in [0.1, 0.15) is 31.9 Å². The third-order valence-electron chi connectivity index (χ3n) is 4.46. The second-order valence-corrected chi connectivity index (χ2v) is 7.11. The molecule has 0 saturated heterocycles. The molecule has 1 aromatic heterocycles. The van der Waals surface area contributed by atoms with E-state index in [0.717, 1.165) is 34.9 Å². The molecule has 0 atom stereocenters. The highest BCUT2D eigenvalue weighted by Crippen LogP contribution is 2.29. The predicted molar refractivity (Wildman–Crippen MR) is 126 cm³/mol. The van der Waals surface area contributed by atoms with Crippen LogP contribution in [-0.2, 0) is 13.0 Å². The van der Waals surface area contributed by atoms with Gasteiger partial charge in [0.25, 0.3) is 0 Å². The van der Waals surface area contributed by atoms with Gasteiger partial charge in [-0.1, -0.05) is 25.1 Å². The molecule has 0 unspecified atom stereocenters. The summed E-state index contributed by atoms with van der Waals surface area (Å²) in [7, 11) is 0. The maximum atomic E-state index is 5.70. The van der Waals surface area contributed by atoms with Crippen LogP contribution in [0.2, 0.25) is 0 Å². The molecule has 2 N–H and O–H groups in total. The second kappa shape index (κ2) is 10.6. The molecular weight excluding hydrogens is 396 g/mol. The minimum Gasteiger partial charge on any atom is -0.490 e. The average Bonchev–Trinajstić information content (AvgIpc) is 3.17. The topological polar surface area (TPSA) is 60.3 Å². The van der Waals surface area contributed by atoms with E-state index in [-0.39, 0.29) is 0 Å². The fraction of sp³-hybridized carbons (Fsp3) is 0.304. The lowest BCUT2D eigenvalue weighted by molar-refractivity contribution is 0.287. The summed E-state index contributed by atoms with van der Waals surface area (Å²) in [5, 5.41) is 11.3. The zero-order valence-electron chi connectivity index (χ0n) is 17.6. The summed E-state index contributed by atoms with van der Waals surface area (Å²) >= 11 is 5.41. The third kappa shape index (κ3) is 5.97. The van der Waals surface area contributed by atoms with Crippen molar-refractivity contribution >= 4 is 28.7 Å². The van der Waals surface area contributed by atoms with Crippen LogP contribution in [0.4, 0.5) is 11.4 Å². The first-order valence-corrected chi connectivity index (χ1v) is 10.6. The van der Waals surface area contributed by atoms with Gasteiger partial charge in [0.1, 0.15) is 0 Å². The zero-order valence-corrected chi connectivity index (χ0v) is 18.5. The van der Waals surface area contributed by atoms with Crippen LogP contribution < -0.4 is 20.1 Å². The van der Waals surface area contributed by atoms with Crippen LogP contribution in [0.25, 0.3) is 0 Å². The summed E-state index contributed by atoms with van der Waals surface area (Å²) < 4.78 is 13.2. The van der Waals surface area contributed by atoms with Gasteiger partial charge in [-0.3, -0.25) is 4.68 Å². The number of nitrogens with one attached hydrogen (secondary N) is 2. The first-order valence-electron chi connectivity index (χ1n) is 10.2. The van der Waals surface area contributed by atoms with Crippen molar-refractivity contribution in [3.05, 3.63) is 66.0 Å². The lowest BCUT2D eigenvalue weighted by Gasteiger charge is -2.12. The van der Waals surface area contributed by atoms with E-state index in [4.69, 9.17) is 21.7 Å². The normalized spacial score (nSPS) is 10.5. The highest BCUT2D eigenvalue weighted by molar-refractivity contribution is 7.80. The van der Waals surface area contributed by atoms with Crippen LogP contribution in [0.15, 0.2) is 54.9 Å². The number of thiocarbonyl (C=S) groups is 1. The first-order chi connectivity index (χ1) is 14.6. The summed E-state index contributed by atoms with van der Waals surface area (Å²) in [5.74, 6) is 1.51. The van der Waals surface area contributed by atoms with E-state index in [1.807, 2.05) is 55.1 Å². The second-order valence-electron chi connectivity index (χ2n) is 6.70. The summed E-state index contributed by atoms with van der Waals surface area (Å²) in [4.78, 5) is 0. The van der Waals surface area contributed by atoms with Crippen molar-refractivity contribution < 1.29 is 9.47 Å². The Kier molecular flexibility index (Phi) is 7.68. The molecular formula is C23H28N4O2S. The number of aryl methyl sites for hydroxylation is 1. The van der Waals surface area contributed by atoms with Crippen molar-refractivity contribution in [1.29, 1.82) is 0 Å². The molecule has 1 heterocycles. The third-order valence-corrected chi connectivity index (χ3v) is 4.67. The molecule has 0 spiro atoms. The van der Waals surface area contributed by atoms with E-state index < -0.39 is 0 Å².